The van der Waals surface area contributed by atoms with Gasteiger partial charge in [-0.2, -0.15) is 0 Å². The first-order valence-electron chi connectivity index (χ1n) is 9.40. The number of rotatable bonds is 8. The average molecular weight is 368 g/mol. The van der Waals surface area contributed by atoms with Gasteiger partial charge < -0.3 is 19.3 Å². The molecule has 0 N–H and O–H groups in total. The second-order valence-electron chi connectivity index (χ2n) is 7.28. The number of aryl methyl sites for hydroxylation is 1. The van der Waals surface area contributed by atoms with E-state index in [0.717, 1.165) is 29.9 Å². The summed E-state index contributed by atoms with van der Waals surface area (Å²) in [6, 6.07) is 16.4. The third kappa shape index (κ3) is 5.01. The molecule has 5 nitrogen and oxygen atoms in total. The molecule has 0 saturated heterocycles. The molecule has 1 aliphatic heterocycles. The third-order valence-corrected chi connectivity index (χ3v) is 4.82. The maximum Gasteiger partial charge on any atom is 0.237 e. The first-order valence-corrected chi connectivity index (χ1v) is 9.40. The van der Waals surface area contributed by atoms with Gasteiger partial charge in [0.05, 0.1) is 6.54 Å². The molecule has 27 heavy (non-hydrogen) atoms. The molecule has 0 radical (unpaired) electrons. The quantitative estimate of drug-likeness (QED) is 0.717. The van der Waals surface area contributed by atoms with Crippen LogP contribution in [-0.4, -0.2) is 49.2 Å². The summed E-state index contributed by atoms with van der Waals surface area (Å²) in [6.07, 6.45) is 1.86. The van der Waals surface area contributed by atoms with Gasteiger partial charge >= 0.3 is 0 Å². The van der Waals surface area contributed by atoms with E-state index in [9.17, 15) is 4.79 Å². The van der Waals surface area contributed by atoms with Gasteiger partial charge in [-0.25, -0.2) is 0 Å². The minimum atomic E-state index is 0.121. The Hall–Kier alpha value is -2.53. The van der Waals surface area contributed by atoms with Crippen molar-refractivity contribution in [2.24, 2.45) is 0 Å². The van der Waals surface area contributed by atoms with Crippen LogP contribution in [0.4, 0.5) is 0 Å². The van der Waals surface area contributed by atoms with Crippen LogP contribution in [0.2, 0.25) is 0 Å². The smallest absolute Gasteiger partial charge is 0.237 e. The van der Waals surface area contributed by atoms with E-state index >= 15 is 0 Å². The number of hydrogen-bond acceptors (Lipinski definition) is 4. The Balaban J connectivity index is 1.74. The Morgan fingerprint density at radius 3 is 2.59 bits per heavy atom. The van der Waals surface area contributed by atoms with Crippen LogP contribution in [0, 0.1) is 0 Å². The Morgan fingerprint density at radius 1 is 1.07 bits per heavy atom. The Kier molecular flexibility index (Phi) is 6.35. The molecule has 2 aromatic carbocycles. The maximum atomic E-state index is 12.9. The number of nitrogens with zero attached hydrogens (tertiary/aromatic N) is 2. The summed E-state index contributed by atoms with van der Waals surface area (Å²) in [5, 5.41) is 0. The molecule has 1 aliphatic rings. The average Bonchev–Trinajstić information content (AvgIpc) is 3.14. The van der Waals surface area contributed by atoms with Crippen molar-refractivity contribution in [3.8, 4) is 11.5 Å². The highest BCUT2D eigenvalue weighted by molar-refractivity contribution is 5.78. The van der Waals surface area contributed by atoms with Crippen LogP contribution in [0.5, 0.6) is 11.5 Å². The molecule has 0 fully saturated rings. The summed E-state index contributed by atoms with van der Waals surface area (Å²) in [5.74, 6) is 1.64. The van der Waals surface area contributed by atoms with Gasteiger partial charge in [0, 0.05) is 18.2 Å². The molecular weight excluding hydrogens is 340 g/mol. The second kappa shape index (κ2) is 8.91. The van der Waals surface area contributed by atoms with Crippen molar-refractivity contribution in [1.29, 1.82) is 0 Å². The minimum absolute atomic E-state index is 0.121. The summed E-state index contributed by atoms with van der Waals surface area (Å²) in [5.41, 5.74) is 2.28. The van der Waals surface area contributed by atoms with Crippen molar-refractivity contribution in [2.45, 2.75) is 32.4 Å². The molecule has 144 valence electrons. The summed E-state index contributed by atoms with van der Waals surface area (Å²) in [6.45, 7) is 3.27. The molecule has 0 unspecified atom stereocenters. The number of carbonyl (C=O) groups is 1. The molecular formula is C22H28N2O3. The molecule has 0 aliphatic carbocycles. The standard InChI is InChI=1S/C22H28N2O3/c1-17(12-13-18-8-5-4-6-9-18)24(21(25)15-23(2)3)14-19-10-7-11-20-22(19)27-16-26-20/h4-11,17H,12-16H2,1-3H3/t17-/m1/s1. The SMILES string of the molecule is C[C@H](CCc1ccccc1)N(Cc1cccc2c1OCO2)C(=O)CN(C)C. The van der Waals surface area contributed by atoms with Crippen LogP contribution < -0.4 is 9.47 Å². The number of benzene rings is 2. The molecule has 2 aromatic rings. The van der Waals surface area contributed by atoms with Gasteiger partial charge in [0.15, 0.2) is 11.5 Å². The predicted octanol–water partition coefficient (Wildman–Crippen LogP) is 3.33. The lowest BCUT2D eigenvalue weighted by atomic mass is 10.0. The van der Waals surface area contributed by atoms with Gasteiger partial charge in [-0.05, 0) is 45.5 Å². The van der Waals surface area contributed by atoms with Crippen LogP contribution in [0.1, 0.15) is 24.5 Å². The number of likely N-dealkylation sites (N-methyl/N-ethyl adjacent to an activating group) is 1. The molecule has 0 bridgehead atoms. The van der Waals surface area contributed by atoms with E-state index in [-0.39, 0.29) is 18.7 Å². The first kappa shape index (κ1) is 19.2. The van der Waals surface area contributed by atoms with E-state index in [0.29, 0.717) is 13.1 Å². The normalized spacial score (nSPS) is 13.6. The Labute approximate surface area is 161 Å². The van der Waals surface area contributed by atoms with Crippen molar-refractivity contribution in [3.05, 3.63) is 59.7 Å². The van der Waals surface area contributed by atoms with E-state index in [1.165, 1.54) is 5.56 Å². The van der Waals surface area contributed by atoms with Crippen molar-refractivity contribution in [1.82, 2.24) is 9.80 Å². The van der Waals surface area contributed by atoms with Gasteiger partial charge in [-0.15, -0.1) is 0 Å². The van der Waals surface area contributed by atoms with Gasteiger partial charge in [0.1, 0.15) is 0 Å². The van der Waals surface area contributed by atoms with Crippen LogP contribution in [0.15, 0.2) is 48.5 Å². The van der Waals surface area contributed by atoms with Crippen LogP contribution in [0.25, 0.3) is 0 Å². The number of para-hydroxylation sites is 1. The topological polar surface area (TPSA) is 42.0 Å². The largest absolute Gasteiger partial charge is 0.454 e. The van der Waals surface area contributed by atoms with Gasteiger partial charge in [-0.1, -0.05) is 42.5 Å². The van der Waals surface area contributed by atoms with Crippen molar-refractivity contribution in [3.63, 3.8) is 0 Å². The van der Waals surface area contributed by atoms with Crippen LogP contribution >= 0.6 is 0 Å². The van der Waals surface area contributed by atoms with Gasteiger partial charge in [-0.3, -0.25) is 4.79 Å². The van der Waals surface area contributed by atoms with Crippen molar-refractivity contribution < 1.29 is 14.3 Å². The van der Waals surface area contributed by atoms with E-state index < -0.39 is 0 Å². The number of hydrogen-bond donors (Lipinski definition) is 0. The second-order valence-corrected chi connectivity index (χ2v) is 7.28. The monoisotopic (exact) mass is 368 g/mol. The maximum absolute atomic E-state index is 12.9. The summed E-state index contributed by atoms with van der Waals surface area (Å²) < 4.78 is 11.1. The fourth-order valence-electron chi connectivity index (χ4n) is 3.33. The lowest BCUT2D eigenvalue weighted by Crippen LogP contribution is -2.43. The van der Waals surface area contributed by atoms with Gasteiger partial charge in [0.2, 0.25) is 12.7 Å². The van der Waals surface area contributed by atoms with Crippen molar-refractivity contribution >= 4 is 5.91 Å². The molecule has 1 amide bonds. The molecule has 1 atom stereocenters. The summed E-state index contributed by atoms with van der Waals surface area (Å²) in [4.78, 5) is 16.8. The molecule has 0 aromatic heterocycles. The van der Waals surface area contributed by atoms with Crippen molar-refractivity contribution in [2.75, 3.05) is 27.4 Å². The molecule has 3 rings (SSSR count). The van der Waals surface area contributed by atoms with Crippen LogP contribution in [0.3, 0.4) is 0 Å². The Morgan fingerprint density at radius 2 is 1.85 bits per heavy atom. The zero-order chi connectivity index (χ0) is 19.2. The predicted molar refractivity (Wildman–Crippen MR) is 106 cm³/mol. The summed E-state index contributed by atoms with van der Waals surface area (Å²) in [7, 11) is 3.84. The summed E-state index contributed by atoms with van der Waals surface area (Å²) >= 11 is 0. The number of fused-ring (bicyclic) bond motifs is 1. The zero-order valence-electron chi connectivity index (χ0n) is 16.4. The lowest BCUT2D eigenvalue weighted by molar-refractivity contribution is -0.134. The highest BCUT2D eigenvalue weighted by Gasteiger charge is 2.25. The number of amides is 1. The zero-order valence-corrected chi connectivity index (χ0v) is 16.4. The number of ether oxygens (including phenoxy) is 2. The van der Waals surface area contributed by atoms with Gasteiger partial charge in [0.25, 0.3) is 0 Å². The number of carbonyl (C=O) groups excluding carboxylic acids is 1. The molecule has 5 heteroatoms. The molecule has 0 saturated carbocycles. The lowest BCUT2D eigenvalue weighted by Gasteiger charge is -2.31. The molecule has 0 spiro atoms. The minimum Gasteiger partial charge on any atom is -0.454 e. The highest BCUT2D eigenvalue weighted by atomic mass is 16.7. The fourth-order valence-corrected chi connectivity index (χ4v) is 3.33. The Bertz CT molecular complexity index is 761. The van der Waals surface area contributed by atoms with Crippen LogP contribution in [-0.2, 0) is 17.8 Å². The van der Waals surface area contributed by atoms with E-state index in [1.807, 2.05) is 48.2 Å². The molecule has 1 heterocycles. The van der Waals surface area contributed by atoms with E-state index in [1.54, 1.807) is 0 Å². The third-order valence-electron chi connectivity index (χ3n) is 4.82. The first-order chi connectivity index (χ1) is 13.0. The van der Waals surface area contributed by atoms with E-state index in [2.05, 4.69) is 31.2 Å². The highest BCUT2D eigenvalue weighted by Crippen LogP contribution is 2.36. The fraction of sp³-hybridized carbons (Fsp3) is 0.409. The van der Waals surface area contributed by atoms with E-state index in [4.69, 9.17) is 9.47 Å².